The molecule has 1 amide bonds. The van der Waals surface area contributed by atoms with E-state index in [9.17, 15) is 4.79 Å². The average molecular weight is 238 g/mol. The zero-order valence-corrected chi connectivity index (χ0v) is 11.1. The minimum atomic E-state index is 0.383. The normalized spacial score (nSPS) is 26.4. The fourth-order valence-corrected chi connectivity index (χ4v) is 3.18. The van der Waals surface area contributed by atoms with Crippen LogP contribution in [0.5, 0.6) is 0 Å². The molecule has 2 rings (SSSR count). The molecule has 0 aromatic heterocycles. The summed E-state index contributed by atoms with van der Waals surface area (Å²) in [6.45, 7) is 1.87. The highest BCUT2D eigenvalue weighted by atomic mass is 16.2. The molecule has 1 heterocycles. The molecule has 1 saturated heterocycles. The summed E-state index contributed by atoms with van der Waals surface area (Å²) in [5.74, 6) is 1.21. The van der Waals surface area contributed by atoms with Crippen molar-refractivity contribution in [3.8, 4) is 0 Å². The monoisotopic (exact) mass is 238 g/mol. The predicted octanol–water partition coefficient (Wildman–Crippen LogP) is 2.17. The minimum Gasteiger partial charge on any atom is -0.341 e. The van der Waals surface area contributed by atoms with Crippen molar-refractivity contribution in [3.05, 3.63) is 0 Å². The molecule has 3 heteroatoms. The number of nitrogens with zero attached hydrogens (tertiary/aromatic N) is 1. The summed E-state index contributed by atoms with van der Waals surface area (Å²) in [5, 5.41) is 3.26. The standard InChI is InChI=1S/C14H26N2O/c1-15-13-9-10-16(11-13)14(17)8-7-12-5-3-2-4-6-12/h12-13,15H,2-11H2,1H3. The van der Waals surface area contributed by atoms with Gasteiger partial charge in [0.1, 0.15) is 0 Å². The van der Waals surface area contributed by atoms with Crippen LogP contribution in [0.15, 0.2) is 0 Å². The topological polar surface area (TPSA) is 32.3 Å². The Morgan fingerprint density at radius 3 is 2.65 bits per heavy atom. The highest BCUT2D eigenvalue weighted by Gasteiger charge is 2.25. The number of amides is 1. The van der Waals surface area contributed by atoms with Crippen LogP contribution in [-0.4, -0.2) is 37.0 Å². The molecule has 0 aromatic rings. The Bertz CT molecular complexity index is 249. The average Bonchev–Trinajstić information content (AvgIpc) is 2.86. The molecule has 1 aliphatic heterocycles. The van der Waals surface area contributed by atoms with E-state index in [1.54, 1.807) is 0 Å². The van der Waals surface area contributed by atoms with Crippen LogP contribution in [0, 0.1) is 5.92 Å². The summed E-state index contributed by atoms with van der Waals surface area (Å²) >= 11 is 0. The third-order valence-corrected chi connectivity index (χ3v) is 4.44. The summed E-state index contributed by atoms with van der Waals surface area (Å²) in [5.41, 5.74) is 0. The van der Waals surface area contributed by atoms with Gasteiger partial charge in [-0.25, -0.2) is 0 Å². The zero-order chi connectivity index (χ0) is 12.1. The number of hydrogen-bond donors (Lipinski definition) is 1. The predicted molar refractivity (Wildman–Crippen MR) is 69.9 cm³/mol. The first-order valence-electron chi connectivity index (χ1n) is 7.24. The van der Waals surface area contributed by atoms with Crippen molar-refractivity contribution in [2.45, 2.75) is 57.4 Å². The van der Waals surface area contributed by atoms with E-state index in [4.69, 9.17) is 0 Å². The number of nitrogens with one attached hydrogen (secondary N) is 1. The van der Waals surface area contributed by atoms with Crippen LogP contribution in [0.1, 0.15) is 51.4 Å². The Labute approximate surface area is 105 Å². The fourth-order valence-electron chi connectivity index (χ4n) is 3.18. The Morgan fingerprint density at radius 2 is 2.00 bits per heavy atom. The summed E-state index contributed by atoms with van der Waals surface area (Å²) in [6, 6.07) is 0.522. The highest BCUT2D eigenvalue weighted by molar-refractivity contribution is 5.76. The molecule has 1 aliphatic carbocycles. The van der Waals surface area contributed by atoms with Crippen LogP contribution in [0.3, 0.4) is 0 Å². The Morgan fingerprint density at radius 1 is 1.24 bits per heavy atom. The number of rotatable bonds is 4. The first-order valence-corrected chi connectivity index (χ1v) is 7.24. The van der Waals surface area contributed by atoms with Crippen molar-refractivity contribution in [1.82, 2.24) is 10.2 Å². The fraction of sp³-hybridized carbons (Fsp3) is 0.929. The summed E-state index contributed by atoms with van der Waals surface area (Å²) in [6.07, 6.45) is 9.89. The molecule has 1 N–H and O–H groups in total. The lowest BCUT2D eigenvalue weighted by atomic mass is 9.86. The molecule has 1 saturated carbocycles. The molecule has 0 bridgehead atoms. The second-order valence-corrected chi connectivity index (χ2v) is 5.66. The van der Waals surface area contributed by atoms with Crippen molar-refractivity contribution in [2.24, 2.45) is 5.92 Å². The van der Waals surface area contributed by atoms with Crippen LogP contribution < -0.4 is 5.32 Å². The van der Waals surface area contributed by atoms with Gasteiger partial charge in [-0.1, -0.05) is 32.1 Å². The summed E-state index contributed by atoms with van der Waals surface area (Å²) in [7, 11) is 1.99. The van der Waals surface area contributed by atoms with Gasteiger partial charge in [0.05, 0.1) is 0 Å². The summed E-state index contributed by atoms with van der Waals surface area (Å²) in [4.78, 5) is 14.1. The minimum absolute atomic E-state index is 0.383. The molecule has 3 nitrogen and oxygen atoms in total. The molecule has 1 atom stereocenters. The third kappa shape index (κ3) is 3.70. The maximum absolute atomic E-state index is 12.0. The zero-order valence-electron chi connectivity index (χ0n) is 11.1. The molecule has 2 fully saturated rings. The van der Waals surface area contributed by atoms with E-state index in [-0.39, 0.29) is 0 Å². The molecule has 17 heavy (non-hydrogen) atoms. The van der Waals surface area contributed by atoms with E-state index in [0.717, 1.165) is 38.3 Å². The third-order valence-electron chi connectivity index (χ3n) is 4.44. The van der Waals surface area contributed by atoms with E-state index in [0.29, 0.717) is 11.9 Å². The van der Waals surface area contributed by atoms with Crippen molar-refractivity contribution < 1.29 is 4.79 Å². The van der Waals surface area contributed by atoms with Gasteiger partial charge in [-0.3, -0.25) is 4.79 Å². The van der Waals surface area contributed by atoms with Crippen LogP contribution in [-0.2, 0) is 4.79 Å². The molecule has 0 spiro atoms. The van der Waals surface area contributed by atoms with E-state index < -0.39 is 0 Å². The van der Waals surface area contributed by atoms with Crippen molar-refractivity contribution in [2.75, 3.05) is 20.1 Å². The Hall–Kier alpha value is -0.570. The van der Waals surface area contributed by atoms with Crippen molar-refractivity contribution in [3.63, 3.8) is 0 Å². The number of carbonyl (C=O) groups is 1. The van der Waals surface area contributed by atoms with Crippen LogP contribution in [0.25, 0.3) is 0 Å². The van der Waals surface area contributed by atoms with Crippen molar-refractivity contribution >= 4 is 5.91 Å². The van der Waals surface area contributed by atoms with Crippen LogP contribution in [0.4, 0.5) is 0 Å². The van der Waals surface area contributed by atoms with E-state index in [1.807, 2.05) is 11.9 Å². The molecule has 2 aliphatic rings. The molecule has 0 aromatic carbocycles. The van der Waals surface area contributed by atoms with Gasteiger partial charge < -0.3 is 10.2 Å². The van der Waals surface area contributed by atoms with Gasteiger partial charge in [-0.2, -0.15) is 0 Å². The van der Waals surface area contributed by atoms with E-state index >= 15 is 0 Å². The van der Waals surface area contributed by atoms with Gasteiger partial charge in [0.15, 0.2) is 0 Å². The molecule has 98 valence electrons. The lowest BCUT2D eigenvalue weighted by molar-refractivity contribution is -0.130. The van der Waals surface area contributed by atoms with Crippen molar-refractivity contribution in [1.29, 1.82) is 0 Å². The van der Waals surface area contributed by atoms with Gasteiger partial charge in [0.25, 0.3) is 0 Å². The number of likely N-dealkylation sites (tertiary alicyclic amines) is 1. The van der Waals surface area contributed by atoms with Gasteiger partial charge in [0.2, 0.25) is 5.91 Å². The number of hydrogen-bond acceptors (Lipinski definition) is 2. The molecule has 0 radical (unpaired) electrons. The van der Waals surface area contributed by atoms with Gasteiger partial charge in [-0.15, -0.1) is 0 Å². The smallest absolute Gasteiger partial charge is 0.222 e. The highest BCUT2D eigenvalue weighted by Crippen LogP contribution is 2.27. The lowest BCUT2D eigenvalue weighted by Crippen LogP contribution is -2.33. The Kier molecular flexibility index (Phi) is 4.84. The largest absolute Gasteiger partial charge is 0.341 e. The van der Waals surface area contributed by atoms with Gasteiger partial charge in [0, 0.05) is 25.6 Å². The van der Waals surface area contributed by atoms with E-state index in [2.05, 4.69) is 5.32 Å². The van der Waals surface area contributed by atoms with Gasteiger partial charge >= 0.3 is 0 Å². The maximum Gasteiger partial charge on any atom is 0.222 e. The second-order valence-electron chi connectivity index (χ2n) is 5.66. The maximum atomic E-state index is 12.0. The number of likely N-dealkylation sites (N-methyl/N-ethyl adjacent to an activating group) is 1. The molecule has 1 unspecified atom stereocenters. The van der Waals surface area contributed by atoms with Crippen LogP contribution in [0.2, 0.25) is 0 Å². The van der Waals surface area contributed by atoms with Crippen LogP contribution >= 0.6 is 0 Å². The van der Waals surface area contributed by atoms with E-state index in [1.165, 1.54) is 32.1 Å². The lowest BCUT2D eigenvalue weighted by Gasteiger charge is -2.22. The quantitative estimate of drug-likeness (QED) is 0.814. The van der Waals surface area contributed by atoms with Gasteiger partial charge in [-0.05, 0) is 25.8 Å². The summed E-state index contributed by atoms with van der Waals surface area (Å²) < 4.78 is 0. The first kappa shape index (κ1) is 12.9. The molecular formula is C14H26N2O. The first-order chi connectivity index (χ1) is 8.29. The number of carbonyl (C=O) groups excluding carboxylic acids is 1. The second kappa shape index (κ2) is 6.39. The Balaban J connectivity index is 1.66. The molecular weight excluding hydrogens is 212 g/mol. The SMILES string of the molecule is CNC1CCN(C(=O)CCC2CCCCC2)C1.